The monoisotopic (exact) mass is 290 g/mol. The molecule has 0 amide bonds. The molecule has 1 aromatic carbocycles. The average Bonchev–Trinajstić information content (AvgIpc) is 2.42. The van der Waals surface area contributed by atoms with Crippen LogP contribution < -0.4 is 5.32 Å². The molecule has 0 aliphatic carbocycles. The lowest BCUT2D eigenvalue weighted by molar-refractivity contribution is -0.385. The number of nitro benzene ring substituents is 1. The highest BCUT2D eigenvalue weighted by Gasteiger charge is 2.15. The maximum atomic E-state index is 10.8. The van der Waals surface area contributed by atoms with E-state index >= 15 is 0 Å². The molecule has 0 aliphatic heterocycles. The van der Waals surface area contributed by atoms with Crippen LogP contribution in [0.25, 0.3) is 0 Å². The minimum atomic E-state index is -0.540. The van der Waals surface area contributed by atoms with Gasteiger partial charge in [0.2, 0.25) is 0 Å². The number of hydrogen-bond acceptors (Lipinski definition) is 5. The molecule has 6 nitrogen and oxygen atoms in total. The van der Waals surface area contributed by atoms with E-state index in [0.717, 1.165) is 18.8 Å². The van der Waals surface area contributed by atoms with Gasteiger partial charge in [0.1, 0.15) is 11.6 Å². The van der Waals surface area contributed by atoms with Crippen molar-refractivity contribution in [2.45, 2.75) is 39.8 Å². The van der Waals surface area contributed by atoms with Crippen molar-refractivity contribution in [2.24, 2.45) is 0 Å². The highest BCUT2D eigenvalue weighted by molar-refractivity contribution is 5.58. The van der Waals surface area contributed by atoms with Gasteiger partial charge in [0.05, 0.1) is 4.92 Å². The van der Waals surface area contributed by atoms with Crippen LogP contribution in [0.15, 0.2) is 18.2 Å². The number of anilines is 1. The fourth-order valence-corrected chi connectivity index (χ4v) is 2.34. The van der Waals surface area contributed by atoms with E-state index in [1.54, 1.807) is 6.07 Å². The number of rotatable bonds is 7. The highest BCUT2D eigenvalue weighted by Crippen LogP contribution is 2.21. The molecule has 0 unspecified atom stereocenters. The summed E-state index contributed by atoms with van der Waals surface area (Å²) in [5.41, 5.74) is 0.647. The van der Waals surface area contributed by atoms with Gasteiger partial charge in [-0.3, -0.25) is 15.0 Å². The first-order valence-electron chi connectivity index (χ1n) is 7.05. The van der Waals surface area contributed by atoms with E-state index in [-0.39, 0.29) is 11.3 Å². The van der Waals surface area contributed by atoms with Gasteiger partial charge in [-0.15, -0.1) is 0 Å². The van der Waals surface area contributed by atoms with Crippen LogP contribution in [-0.4, -0.2) is 35.0 Å². The summed E-state index contributed by atoms with van der Waals surface area (Å²) in [7, 11) is 0. The van der Waals surface area contributed by atoms with Crippen molar-refractivity contribution in [2.75, 3.05) is 18.4 Å². The lowest BCUT2D eigenvalue weighted by atomic mass is 10.1. The largest absolute Gasteiger partial charge is 0.384 e. The zero-order valence-corrected chi connectivity index (χ0v) is 13.0. The Balaban J connectivity index is 2.69. The first kappa shape index (κ1) is 16.9. The van der Waals surface area contributed by atoms with Crippen LogP contribution in [0.3, 0.4) is 0 Å². The molecule has 0 atom stereocenters. The molecular formula is C15H22N4O2. The van der Waals surface area contributed by atoms with Gasteiger partial charge < -0.3 is 5.32 Å². The summed E-state index contributed by atoms with van der Waals surface area (Å²) in [4.78, 5) is 12.6. The quantitative estimate of drug-likeness (QED) is 0.616. The van der Waals surface area contributed by atoms with Crippen LogP contribution >= 0.6 is 0 Å². The van der Waals surface area contributed by atoms with E-state index in [0.29, 0.717) is 12.1 Å². The lowest BCUT2D eigenvalue weighted by Gasteiger charge is -2.30. The third-order valence-electron chi connectivity index (χ3n) is 3.34. The first-order valence-corrected chi connectivity index (χ1v) is 7.05. The van der Waals surface area contributed by atoms with Crippen molar-refractivity contribution in [3.05, 3.63) is 33.9 Å². The SMILES string of the molecule is CC(C)N(CCNc1ccc([N+](=O)[O-])c(C#N)c1)C(C)C. The van der Waals surface area contributed by atoms with Crippen molar-refractivity contribution in [1.82, 2.24) is 4.90 Å². The normalized spacial score (nSPS) is 11.0. The van der Waals surface area contributed by atoms with E-state index in [2.05, 4.69) is 37.9 Å². The number of nitrogens with zero attached hydrogens (tertiary/aromatic N) is 3. The van der Waals surface area contributed by atoms with E-state index in [9.17, 15) is 10.1 Å². The van der Waals surface area contributed by atoms with E-state index in [4.69, 9.17) is 5.26 Å². The third kappa shape index (κ3) is 4.72. The minimum absolute atomic E-state index is 0.0783. The molecule has 1 N–H and O–H groups in total. The fourth-order valence-electron chi connectivity index (χ4n) is 2.34. The number of nitriles is 1. The second-order valence-electron chi connectivity index (χ2n) is 5.45. The molecule has 6 heteroatoms. The summed E-state index contributed by atoms with van der Waals surface area (Å²) >= 11 is 0. The molecule has 0 aliphatic rings. The second-order valence-corrected chi connectivity index (χ2v) is 5.45. The molecule has 0 heterocycles. The van der Waals surface area contributed by atoms with Crippen LogP contribution in [0.4, 0.5) is 11.4 Å². The van der Waals surface area contributed by atoms with Gasteiger partial charge in [0, 0.05) is 36.9 Å². The van der Waals surface area contributed by atoms with Crippen LogP contribution in [0, 0.1) is 21.4 Å². The molecule has 0 saturated heterocycles. The zero-order chi connectivity index (χ0) is 16.0. The first-order chi connectivity index (χ1) is 9.86. The van der Waals surface area contributed by atoms with E-state index in [1.807, 2.05) is 6.07 Å². The minimum Gasteiger partial charge on any atom is -0.384 e. The van der Waals surface area contributed by atoms with Gasteiger partial charge in [-0.05, 0) is 39.8 Å². The molecule has 114 valence electrons. The molecule has 0 fully saturated rings. The van der Waals surface area contributed by atoms with Crippen LogP contribution in [-0.2, 0) is 0 Å². The predicted octanol–water partition coefficient (Wildman–Crippen LogP) is 3.00. The summed E-state index contributed by atoms with van der Waals surface area (Å²) in [6.45, 7) is 10.2. The van der Waals surface area contributed by atoms with Gasteiger partial charge in [0.25, 0.3) is 5.69 Å². The Morgan fingerprint density at radius 2 is 1.95 bits per heavy atom. The number of benzene rings is 1. The topological polar surface area (TPSA) is 82.2 Å². The van der Waals surface area contributed by atoms with Crippen molar-refractivity contribution in [3.63, 3.8) is 0 Å². The lowest BCUT2D eigenvalue weighted by Crippen LogP contribution is -2.40. The van der Waals surface area contributed by atoms with Crippen molar-refractivity contribution >= 4 is 11.4 Å². The zero-order valence-electron chi connectivity index (χ0n) is 13.0. The van der Waals surface area contributed by atoms with Crippen LogP contribution in [0.1, 0.15) is 33.3 Å². The summed E-state index contributed by atoms with van der Waals surface area (Å²) in [5, 5.41) is 22.9. The van der Waals surface area contributed by atoms with E-state index < -0.39 is 4.92 Å². The molecule has 0 aromatic heterocycles. The Labute approximate surface area is 125 Å². The number of hydrogen-bond donors (Lipinski definition) is 1. The molecular weight excluding hydrogens is 268 g/mol. The van der Waals surface area contributed by atoms with Gasteiger partial charge in [-0.2, -0.15) is 5.26 Å². The Kier molecular flexibility index (Phi) is 6.12. The summed E-state index contributed by atoms with van der Waals surface area (Å²) in [5.74, 6) is 0. The van der Waals surface area contributed by atoms with E-state index in [1.165, 1.54) is 12.1 Å². The van der Waals surface area contributed by atoms with Gasteiger partial charge >= 0.3 is 0 Å². The Morgan fingerprint density at radius 3 is 2.43 bits per heavy atom. The molecule has 1 rings (SSSR count). The molecule has 0 saturated carbocycles. The smallest absolute Gasteiger partial charge is 0.287 e. The molecule has 0 spiro atoms. The van der Waals surface area contributed by atoms with Gasteiger partial charge in [-0.25, -0.2) is 0 Å². The van der Waals surface area contributed by atoms with Crippen molar-refractivity contribution in [3.8, 4) is 6.07 Å². The Morgan fingerprint density at radius 1 is 1.33 bits per heavy atom. The van der Waals surface area contributed by atoms with Gasteiger partial charge in [-0.1, -0.05) is 0 Å². The molecule has 0 radical (unpaired) electrons. The highest BCUT2D eigenvalue weighted by atomic mass is 16.6. The summed E-state index contributed by atoms with van der Waals surface area (Å²) in [6.07, 6.45) is 0. The van der Waals surface area contributed by atoms with Crippen LogP contribution in [0.5, 0.6) is 0 Å². The van der Waals surface area contributed by atoms with Crippen molar-refractivity contribution in [1.29, 1.82) is 5.26 Å². The summed E-state index contributed by atoms with van der Waals surface area (Å²) in [6, 6.07) is 7.29. The summed E-state index contributed by atoms with van der Waals surface area (Å²) < 4.78 is 0. The van der Waals surface area contributed by atoms with Crippen molar-refractivity contribution < 1.29 is 4.92 Å². The molecule has 21 heavy (non-hydrogen) atoms. The maximum Gasteiger partial charge on any atom is 0.287 e. The molecule has 0 bridgehead atoms. The molecule has 1 aromatic rings. The van der Waals surface area contributed by atoms with Crippen LogP contribution in [0.2, 0.25) is 0 Å². The fraction of sp³-hybridized carbons (Fsp3) is 0.533. The third-order valence-corrected chi connectivity index (χ3v) is 3.34. The standard InChI is InChI=1S/C15H22N4O2/c1-11(2)18(12(3)4)8-7-17-14-5-6-15(19(20)21)13(9-14)10-16/h5-6,9,11-12,17H,7-8H2,1-4H3. The number of nitrogens with one attached hydrogen (secondary N) is 1. The number of nitro groups is 1. The average molecular weight is 290 g/mol. The predicted molar refractivity (Wildman–Crippen MR) is 83.3 cm³/mol. The van der Waals surface area contributed by atoms with Gasteiger partial charge in [0.15, 0.2) is 0 Å². The Bertz CT molecular complexity index is 527. The maximum absolute atomic E-state index is 10.8. The Hall–Kier alpha value is -2.13. The second kappa shape index (κ2) is 7.60.